The van der Waals surface area contributed by atoms with Crippen molar-refractivity contribution in [2.75, 3.05) is 13.7 Å². The third kappa shape index (κ3) is 7.44. The molecule has 5 heteroatoms. The first-order chi connectivity index (χ1) is 14.4. The topological polar surface area (TPSA) is 68.3 Å². The highest BCUT2D eigenvalue weighted by molar-refractivity contribution is 5.83. The van der Waals surface area contributed by atoms with Crippen LogP contribution >= 0.6 is 0 Å². The van der Waals surface area contributed by atoms with Crippen molar-refractivity contribution in [3.05, 3.63) is 47.6 Å². The highest BCUT2D eigenvalue weighted by Crippen LogP contribution is 2.45. The summed E-state index contributed by atoms with van der Waals surface area (Å²) in [5.41, 5.74) is 0.856. The Bertz CT molecular complexity index is 756. The number of carbonyl (C=O) groups excluding carboxylic acids is 1. The molecule has 0 radical (unpaired) electrons. The highest BCUT2D eigenvalue weighted by atomic mass is 16.6. The number of esters is 1. The van der Waals surface area contributed by atoms with Crippen molar-refractivity contribution in [1.82, 2.24) is 0 Å². The van der Waals surface area contributed by atoms with Gasteiger partial charge >= 0.3 is 5.97 Å². The van der Waals surface area contributed by atoms with Gasteiger partial charge in [-0.3, -0.25) is 0 Å². The van der Waals surface area contributed by atoms with Gasteiger partial charge in [-0.25, -0.2) is 4.79 Å². The molecule has 0 bridgehead atoms. The monoisotopic (exact) mass is 432 g/mol. The number of hydrogen-bond acceptors (Lipinski definition) is 5. The zero-order valence-corrected chi connectivity index (χ0v) is 20.2. The smallest absolute Gasteiger partial charge is 0.331 e. The lowest BCUT2D eigenvalue weighted by molar-refractivity contribution is -0.143. The van der Waals surface area contributed by atoms with Crippen molar-refractivity contribution in [2.45, 2.75) is 90.6 Å². The predicted molar refractivity (Wildman–Crippen MR) is 124 cm³/mol. The van der Waals surface area contributed by atoms with Crippen LogP contribution in [0.2, 0.25) is 0 Å². The van der Waals surface area contributed by atoms with Gasteiger partial charge in [0.05, 0.1) is 18.3 Å². The Hall–Kier alpha value is -1.69. The summed E-state index contributed by atoms with van der Waals surface area (Å²) in [5.74, 6) is -0.349. The average molecular weight is 433 g/mol. The minimum atomic E-state index is -0.540. The second-order valence-electron chi connectivity index (χ2n) is 10.1. The molecule has 0 aromatic rings. The first kappa shape index (κ1) is 25.6. The van der Waals surface area contributed by atoms with E-state index >= 15 is 0 Å². The quantitative estimate of drug-likeness (QED) is 0.264. The van der Waals surface area contributed by atoms with Gasteiger partial charge in [-0.1, -0.05) is 36.8 Å². The molecule has 0 spiro atoms. The lowest BCUT2D eigenvalue weighted by Gasteiger charge is -2.26. The summed E-state index contributed by atoms with van der Waals surface area (Å²) in [6.45, 7) is 12.0. The van der Waals surface area contributed by atoms with E-state index < -0.39 is 11.7 Å². The molecule has 1 aliphatic heterocycles. The standard InChI is InChI=1S/C26H40O5/c1-19(2)17-23(28)30-21-12-16-25(5,14-8-13-24(3,4)29-7)15-11-20(18-27)9-10-22-26(21,6)31-22/h8,11-13,16-17,21-22,27H,9-10,14-15,18H2,1-7H3/b13-8+,16-12+,20-11+/t21-,22+,25+,26+/m0/s1. The van der Waals surface area contributed by atoms with E-state index in [-0.39, 0.29) is 29.7 Å². The molecule has 2 aliphatic rings. The number of methoxy groups -OCH3 is 1. The summed E-state index contributed by atoms with van der Waals surface area (Å²) in [5, 5.41) is 9.81. The fourth-order valence-electron chi connectivity index (χ4n) is 3.77. The van der Waals surface area contributed by atoms with Crippen LogP contribution in [0.25, 0.3) is 0 Å². The molecule has 0 aromatic carbocycles. The van der Waals surface area contributed by atoms with E-state index in [2.05, 4.69) is 31.2 Å². The first-order valence-electron chi connectivity index (χ1n) is 11.2. The summed E-state index contributed by atoms with van der Waals surface area (Å²) >= 11 is 0. The van der Waals surface area contributed by atoms with Gasteiger partial charge in [0, 0.05) is 13.2 Å². The minimum absolute atomic E-state index is 0.00311. The number of hydrogen-bond donors (Lipinski definition) is 1. The Morgan fingerprint density at radius 1 is 1.35 bits per heavy atom. The Labute approximate surface area is 187 Å². The van der Waals surface area contributed by atoms with Crippen LogP contribution in [0, 0.1) is 5.41 Å². The van der Waals surface area contributed by atoms with Crippen molar-refractivity contribution in [2.24, 2.45) is 5.41 Å². The summed E-state index contributed by atoms with van der Waals surface area (Å²) in [4.78, 5) is 12.4. The van der Waals surface area contributed by atoms with Crippen molar-refractivity contribution in [1.29, 1.82) is 0 Å². The average Bonchev–Trinajstić information content (AvgIpc) is 3.35. The van der Waals surface area contributed by atoms with Gasteiger partial charge in [-0.15, -0.1) is 0 Å². The molecule has 1 N–H and O–H groups in total. The molecule has 31 heavy (non-hydrogen) atoms. The molecule has 1 fully saturated rings. The summed E-state index contributed by atoms with van der Waals surface area (Å²) in [6, 6.07) is 0. The molecule has 0 unspecified atom stereocenters. The third-order valence-electron chi connectivity index (χ3n) is 6.28. The molecule has 1 heterocycles. The van der Waals surface area contributed by atoms with Crippen molar-refractivity contribution in [3.63, 3.8) is 0 Å². The van der Waals surface area contributed by atoms with Gasteiger partial charge in [0.2, 0.25) is 0 Å². The summed E-state index contributed by atoms with van der Waals surface area (Å²) < 4.78 is 17.3. The van der Waals surface area contributed by atoms with E-state index in [1.807, 2.05) is 40.7 Å². The Morgan fingerprint density at radius 3 is 2.68 bits per heavy atom. The number of ether oxygens (including phenoxy) is 3. The lowest BCUT2D eigenvalue weighted by atomic mass is 9.81. The maximum absolute atomic E-state index is 12.4. The van der Waals surface area contributed by atoms with Crippen molar-refractivity contribution < 1.29 is 24.1 Å². The second kappa shape index (κ2) is 10.3. The van der Waals surface area contributed by atoms with E-state index in [4.69, 9.17) is 14.2 Å². The maximum Gasteiger partial charge on any atom is 0.331 e. The van der Waals surface area contributed by atoms with Crippen LogP contribution in [-0.4, -0.2) is 48.2 Å². The zero-order valence-electron chi connectivity index (χ0n) is 20.2. The van der Waals surface area contributed by atoms with Crippen LogP contribution in [0.15, 0.2) is 47.6 Å². The number of epoxide rings is 1. The molecule has 0 saturated carbocycles. The van der Waals surface area contributed by atoms with Gasteiger partial charge in [-0.2, -0.15) is 0 Å². The molecule has 0 amide bonds. The van der Waals surface area contributed by atoms with Crippen LogP contribution in [0.3, 0.4) is 0 Å². The Kier molecular flexibility index (Phi) is 8.48. The fraction of sp³-hybridized carbons (Fsp3) is 0.654. The summed E-state index contributed by atoms with van der Waals surface area (Å²) in [7, 11) is 1.70. The van der Waals surface area contributed by atoms with Gasteiger partial charge in [0.25, 0.3) is 0 Å². The van der Waals surface area contributed by atoms with E-state index in [9.17, 15) is 9.90 Å². The van der Waals surface area contributed by atoms with Crippen molar-refractivity contribution >= 4 is 5.97 Å². The highest BCUT2D eigenvalue weighted by Gasteiger charge is 2.58. The van der Waals surface area contributed by atoms with Crippen LogP contribution in [0.1, 0.15) is 67.2 Å². The Balaban J connectivity index is 2.32. The minimum Gasteiger partial charge on any atom is -0.452 e. The van der Waals surface area contributed by atoms with E-state index in [0.29, 0.717) is 0 Å². The first-order valence-corrected chi connectivity index (χ1v) is 11.2. The van der Waals surface area contributed by atoms with Gasteiger partial charge < -0.3 is 19.3 Å². The lowest BCUT2D eigenvalue weighted by Crippen LogP contribution is -2.32. The largest absolute Gasteiger partial charge is 0.452 e. The molecule has 4 atom stereocenters. The van der Waals surface area contributed by atoms with E-state index in [1.54, 1.807) is 7.11 Å². The van der Waals surface area contributed by atoms with Crippen LogP contribution < -0.4 is 0 Å². The number of fused-ring (bicyclic) bond motifs is 1. The molecule has 1 saturated heterocycles. The van der Waals surface area contributed by atoms with Crippen LogP contribution in [-0.2, 0) is 19.0 Å². The van der Waals surface area contributed by atoms with Crippen LogP contribution in [0.5, 0.6) is 0 Å². The second-order valence-corrected chi connectivity index (χ2v) is 10.1. The number of aliphatic hydroxyl groups excluding tert-OH is 1. The number of rotatable bonds is 7. The molecule has 174 valence electrons. The normalized spacial score (nSPS) is 34.1. The fourth-order valence-corrected chi connectivity index (χ4v) is 3.77. The van der Waals surface area contributed by atoms with Gasteiger partial charge in [-0.05, 0) is 77.4 Å². The SMILES string of the molecule is COC(C)(C)/C=C/C[C@@]1(C)/C=C/[C@H](OC(=O)C=C(C)C)[C@@]2(C)O[C@@H]2CC/C(CO)=C\C1. The zero-order chi connectivity index (χ0) is 23.3. The molecular formula is C26H40O5. The number of carbonyl (C=O) groups is 1. The summed E-state index contributed by atoms with van der Waals surface area (Å²) in [6.07, 6.45) is 14.7. The molecular weight excluding hydrogens is 392 g/mol. The molecule has 5 nitrogen and oxygen atoms in total. The molecule has 0 aromatic heterocycles. The Morgan fingerprint density at radius 2 is 2.06 bits per heavy atom. The third-order valence-corrected chi connectivity index (χ3v) is 6.28. The molecule has 2 rings (SSSR count). The van der Waals surface area contributed by atoms with Crippen molar-refractivity contribution in [3.8, 4) is 0 Å². The van der Waals surface area contributed by atoms with Crippen LogP contribution in [0.4, 0.5) is 0 Å². The maximum atomic E-state index is 12.4. The van der Waals surface area contributed by atoms with Gasteiger partial charge in [0.15, 0.2) is 6.10 Å². The van der Waals surface area contributed by atoms with E-state index in [0.717, 1.165) is 36.8 Å². The number of allylic oxidation sites excluding steroid dienone is 4. The number of aliphatic hydroxyl groups is 1. The molecule has 1 aliphatic carbocycles. The van der Waals surface area contributed by atoms with E-state index in [1.165, 1.54) is 6.08 Å². The predicted octanol–water partition coefficient (Wildman–Crippen LogP) is 5.06. The van der Waals surface area contributed by atoms with Gasteiger partial charge in [0.1, 0.15) is 5.60 Å².